The van der Waals surface area contributed by atoms with Gasteiger partial charge in [0.2, 0.25) is 5.91 Å². The maximum absolute atomic E-state index is 13.3. The molecule has 0 aliphatic heterocycles. The highest BCUT2D eigenvalue weighted by atomic mass is 32.1. The third-order valence-electron chi connectivity index (χ3n) is 4.95. The Morgan fingerprint density at radius 1 is 1.11 bits per heavy atom. The van der Waals surface area contributed by atoms with Gasteiger partial charge in [0.15, 0.2) is 0 Å². The molecule has 178 valence electrons. The van der Waals surface area contributed by atoms with E-state index in [2.05, 4.69) is 10.4 Å². The molecule has 1 N–H and O–H groups in total. The lowest BCUT2D eigenvalue weighted by molar-refractivity contribution is -0.255. The third-order valence-corrected chi connectivity index (χ3v) is 6.11. The molecule has 0 atom stereocenters. The van der Waals surface area contributed by atoms with Crippen LogP contribution in [0.5, 0.6) is 0 Å². The van der Waals surface area contributed by atoms with Crippen LogP contribution >= 0.6 is 11.3 Å². The number of esters is 1. The van der Waals surface area contributed by atoms with Crippen LogP contribution in [0.4, 0.5) is 10.1 Å². The van der Waals surface area contributed by atoms with Crippen LogP contribution in [0.1, 0.15) is 27.1 Å². The molecule has 0 aliphatic rings. The quantitative estimate of drug-likeness (QED) is 0.391. The summed E-state index contributed by atoms with van der Waals surface area (Å²) in [4.78, 5) is 50.2. The van der Waals surface area contributed by atoms with E-state index < -0.39 is 41.5 Å². The first-order chi connectivity index (χ1) is 16.8. The van der Waals surface area contributed by atoms with Crippen LogP contribution in [0.25, 0.3) is 21.2 Å². The molecular formula is C24H17FN3O6S-. The van der Waals surface area contributed by atoms with E-state index in [0.717, 1.165) is 16.0 Å². The molecule has 35 heavy (non-hydrogen) atoms. The number of nitrogens with one attached hydrogen (secondary N) is 1. The molecule has 0 aliphatic carbocycles. The number of carboxylic acids is 1. The van der Waals surface area contributed by atoms with Crippen molar-refractivity contribution in [3.05, 3.63) is 81.3 Å². The number of benzene rings is 2. The van der Waals surface area contributed by atoms with Crippen molar-refractivity contribution < 1.29 is 28.6 Å². The van der Waals surface area contributed by atoms with Gasteiger partial charge >= 0.3 is 5.97 Å². The number of anilines is 1. The second-order valence-electron chi connectivity index (χ2n) is 7.27. The van der Waals surface area contributed by atoms with Crippen molar-refractivity contribution in [3.63, 3.8) is 0 Å². The zero-order valence-electron chi connectivity index (χ0n) is 18.2. The maximum Gasteiger partial charge on any atom is 0.350 e. The molecule has 9 nitrogen and oxygen atoms in total. The van der Waals surface area contributed by atoms with Crippen LogP contribution in [-0.4, -0.2) is 34.2 Å². The highest BCUT2D eigenvalue weighted by molar-refractivity contribution is 7.18. The molecule has 4 rings (SSSR count). The number of carbonyl (C=O) groups is 3. The molecule has 1 amide bonds. The van der Waals surface area contributed by atoms with Gasteiger partial charge in [-0.3, -0.25) is 9.59 Å². The van der Waals surface area contributed by atoms with Gasteiger partial charge in [-0.1, -0.05) is 30.3 Å². The van der Waals surface area contributed by atoms with E-state index in [4.69, 9.17) is 4.74 Å². The summed E-state index contributed by atoms with van der Waals surface area (Å²) in [6, 6.07) is 13.1. The van der Waals surface area contributed by atoms with Crippen molar-refractivity contribution in [2.24, 2.45) is 0 Å². The number of amides is 1. The summed E-state index contributed by atoms with van der Waals surface area (Å²) < 4.78 is 19.1. The van der Waals surface area contributed by atoms with Crippen molar-refractivity contribution in [3.8, 4) is 10.4 Å². The first-order valence-electron chi connectivity index (χ1n) is 10.4. The van der Waals surface area contributed by atoms with Crippen molar-refractivity contribution >= 4 is 45.6 Å². The second-order valence-corrected chi connectivity index (χ2v) is 8.33. The monoisotopic (exact) mass is 494 g/mol. The van der Waals surface area contributed by atoms with Crippen LogP contribution < -0.4 is 16.0 Å². The van der Waals surface area contributed by atoms with Gasteiger partial charge in [-0.2, -0.15) is 5.10 Å². The molecule has 0 spiro atoms. The Balaban J connectivity index is 1.67. The molecule has 4 aromatic rings. The van der Waals surface area contributed by atoms with Crippen molar-refractivity contribution in [2.75, 3.05) is 11.9 Å². The number of carbonyl (C=O) groups excluding carboxylic acids is 3. The van der Waals surface area contributed by atoms with Crippen molar-refractivity contribution in [1.29, 1.82) is 0 Å². The van der Waals surface area contributed by atoms with Crippen molar-refractivity contribution in [2.45, 2.75) is 13.5 Å². The number of nitrogens with zero attached hydrogens (tertiary/aromatic N) is 2. The number of thiophene rings is 1. The molecule has 0 unspecified atom stereocenters. The number of ether oxygens (including phenoxy) is 1. The number of fused-ring (bicyclic) bond motifs is 1. The van der Waals surface area contributed by atoms with E-state index in [0.29, 0.717) is 10.4 Å². The number of carboxylic acid groups (broad SMARTS) is 1. The zero-order chi connectivity index (χ0) is 25.1. The molecule has 2 heterocycles. The smallest absolute Gasteiger partial charge is 0.350 e. The second kappa shape index (κ2) is 9.85. The van der Waals surface area contributed by atoms with E-state index in [1.807, 2.05) is 0 Å². The molecule has 2 aromatic carbocycles. The van der Waals surface area contributed by atoms with Crippen LogP contribution in [0.2, 0.25) is 0 Å². The van der Waals surface area contributed by atoms with E-state index >= 15 is 0 Å². The fourth-order valence-corrected chi connectivity index (χ4v) is 4.42. The van der Waals surface area contributed by atoms with E-state index in [9.17, 15) is 28.7 Å². The Hall–Kier alpha value is -4.38. The van der Waals surface area contributed by atoms with Gasteiger partial charge < -0.3 is 20.0 Å². The molecule has 0 saturated heterocycles. The predicted octanol–water partition coefficient (Wildman–Crippen LogP) is 2.44. The number of hydrogen-bond acceptors (Lipinski definition) is 8. The Kier molecular flexibility index (Phi) is 6.69. The average Bonchev–Trinajstić information content (AvgIpc) is 3.25. The number of aromatic carboxylic acids is 1. The Morgan fingerprint density at radius 3 is 2.46 bits per heavy atom. The first-order valence-corrected chi connectivity index (χ1v) is 11.2. The van der Waals surface area contributed by atoms with Crippen LogP contribution in [0.15, 0.2) is 59.4 Å². The minimum atomic E-state index is -1.60. The summed E-state index contributed by atoms with van der Waals surface area (Å²) in [7, 11) is 0. The summed E-state index contributed by atoms with van der Waals surface area (Å²) in [6.45, 7) is 1.13. The van der Waals surface area contributed by atoms with Gasteiger partial charge in [0, 0.05) is 10.3 Å². The molecule has 11 heteroatoms. The lowest BCUT2D eigenvalue weighted by Crippen LogP contribution is -2.34. The van der Waals surface area contributed by atoms with Gasteiger partial charge in [-0.15, -0.1) is 11.3 Å². The van der Waals surface area contributed by atoms with Gasteiger partial charge in [0.1, 0.15) is 22.9 Å². The highest BCUT2D eigenvalue weighted by Gasteiger charge is 2.21. The highest BCUT2D eigenvalue weighted by Crippen LogP contribution is 2.35. The Labute approximate surface area is 201 Å². The number of hydrogen-bond donors (Lipinski definition) is 1. The van der Waals surface area contributed by atoms with Crippen LogP contribution in [-0.2, 0) is 16.1 Å². The van der Waals surface area contributed by atoms with Crippen molar-refractivity contribution in [1.82, 2.24) is 9.78 Å². The summed E-state index contributed by atoms with van der Waals surface area (Å²) in [5, 5.41) is 18.0. The first kappa shape index (κ1) is 23.8. The normalized spacial score (nSPS) is 10.8. The fourth-order valence-electron chi connectivity index (χ4n) is 3.41. The number of aromatic nitrogens is 2. The Morgan fingerprint density at radius 2 is 1.80 bits per heavy atom. The molecule has 0 bridgehead atoms. The van der Waals surface area contributed by atoms with Gasteiger partial charge in [0.25, 0.3) is 5.56 Å². The minimum Gasteiger partial charge on any atom is -0.543 e. The van der Waals surface area contributed by atoms with Gasteiger partial charge in [-0.25, -0.2) is 13.9 Å². The Bertz CT molecular complexity index is 1510. The molecule has 0 radical (unpaired) electrons. The lowest BCUT2D eigenvalue weighted by atomic mass is 10.1. The maximum atomic E-state index is 13.3. The van der Waals surface area contributed by atoms with Gasteiger partial charge in [-0.05, 0) is 36.8 Å². The third kappa shape index (κ3) is 4.94. The SMILES string of the molecule is CCOC(=O)c1sc(-c2ccc(F)cc2)cc1NC(=O)Cn1nc(C(=O)[O-])c2ccccc2c1=O. The predicted molar refractivity (Wildman–Crippen MR) is 125 cm³/mol. The molecular weight excluding hydrogens is 477 g/mol. The van der Waals surface area contributed by atoms with Crippen LogP contribution in [0, 0.1) is 5.82 Å². The number of rotatable bonds is 7. The average molecular weight is 494 g/mol. The topological polar surface area (TPSA) is 130 Å². The molecule has 0 fully saturated rings. The standard InChI is InChI=1S/C24H18FN3O6S/c1-2-34-24(33)21-17(11-18(35-21)13-7-9-14(25)10-8-13)26-19(29)12-28-22(30)16-6-4-3-5-15(16)20(27-28)23(31)32/h3-11H,2,12H2,1H3,(H,26,29)(H,31,32)/p-1. The van der Waals surface area contributed by atoms with Crippen LogP contribution in [0.3, 0.4) is 0 Å². The summed E-state index contributed by atoms with van der Waals surface area (Å²) in [5.41, 5.74) is -0.391. The molecule has 0 saturated carbocycles. The minimum absolute atomic E-state index is 0.0656. The molecule has 2 aromatic heterocycles. The van der Waals surface area contributed by atoms with E-state index in [1.54, 1.807) is 19.1 Å². The van der Waals surface area contributed by atoms with Gasteiger partial charge in [0.05, 0.1) is 23.6 Å². The summed E-state index contributed by atoms with van der Waals surface area (Å²) in [5.74, 6) is -3.41. The van der Waals surface area contributed by atoms with E-state index in [-0.39, 0.29) is 27.9 Å². The number of halogens is 1. The van der Waals surface area contributed by atoms with E-state index in [1.165, 1.54) is 42.5 Å². The largest absolute Gasteiger partial charge is 0.543 e. The summed E-state index contributed by atoms with van der Waals surface area (Å²) in [6.07, 6.45) is 0. The zero-order valence-corrected chi connectivity index (χ0v) is 19.1. The summed E-state index contributed by atoms with van der Waals surface area (Å²) >= 11 is 1.04. The lowest BCUT2D eigenvalue weighted by Gasteiger charge is -2.11. The fraction of sp³-hybridized carbons (Fsp3) is 0.125.